The number of rotatable bonds is 8. The van der Waals surface area contributed by atoms with Crippen LogP contribution in [0.1, 0.15) is 28.3 Å². The number of aliphatic imine (C=N–C) groups is 1. The van der Waals surface area contributed by atoms with Crippen LogP contribution in [-0.2, 0) is 21.6 Å². The van der Waals surface area contributed by atoms with Gasteiger partial charge in [-0.1, -0.05) is 121 Å². The summed E-state index contributed by atoms with van der Waals surface area (Å²) >= 11 is 0. The van der Waals surface area contributed by atoms with Crippen molar-refractivity contribution in [2.24, 2.45) is 4.99 Å². The first-order valence-corrected chi connectivity index (χ1v) is 12.1. The molecule has 36 heavy (non-hydrogen) atoms. The van der Waals surface area contributed by atoms with Crippen molar-refractivity contribution in [1.29, 1.82) is 0 Å². The number of ether oxygens (including phenoxy) is 1. The molecule has 4 aromatic rings. The second kappa shape index (κ2) is 10.6. The van der Waals surface area contributed by atoms with Gasteiger partial charge in [-0.2, -0.15) is 0 Å². The molecule has 5 nitrogen and oxygen atoms in total. The van der Waals surface area contributed by atoms with Gasteiger partial charge >= 0.3 is 5.97 Å². The zero-order chi connectivity index (χ0) is 24.8. The van der Waals surface area contributed by atoms with Gasteiger partial charge in [0.25, 0.3) is 0 Å². The van der Waals surface area contributed by atoms with Crippen molar-refractivity contribution in [2.75, 3.05) is 13.2 Å². The first kappa shape index (κ1) is 23.5. The first-order chi connectivity index (χ1) is 17.7. The fourth-order valence-corrected chi connectivity index (χ4v) is 4.90. The van der Waals surface area contributed by atoms with Gasteiger partial charge in [0.15, 0.2) is 0 Å². The smallest absolute Gasteiger partial charge is 0.341 e. The molecule has 1 N–H and O–H groups in total. The van der Waals surface area contributed by atoms with E-state index in [1.807, 2.05) is 109 Å². The number of carbonyl (C=O) groups excluding carboxylic acids is 1. The van der Waals surface area contributed by atoms with Crippen LogP contribution >= 0.6 is 0 Å². The predicted octanol–water partition coefficient (Wildman–Crippen LogP) is 5.12. The second-order valence-corrected chi connectivity index (χ2v) is 8.72. The maximum Gasteiger partial charge on any atom is 0.341 e. The van der Waals surface area contributed by atoms with Gasteiger partial charge < -0.3 is 14.7 Å². The van der Waals surface area contributed by atoms with Crippen LogP contribution in [0.4, 0.5) is 0 Å². The number of aliphatic hydroxyl groups is 1. The van der Waals surface area contributed by atoms with E-state index in [0.717, 1.165) is 28.1 Å². The molecule has 0 aromatic heterocycles. The van der Waals surface area contributed by atoms with Crippen molar-refractivity contribution in [3.63, 3.8) is 0 Å². The van der Waals surface area contributed by atoms with Crippen molar-refractivity contribution < 1.29 is 14.6 Å². The summed E-state index contributed by atoms with van der Waals surface area (Å²) in [5.41, 5.74) is 2.35. The van der Waals surface area contributed by atoms with E-state index in [9.17, 15) is 9.90 Å². The molecule has 5 heteroatoms. The molecule has 0 amide bonds. The standard InChI is InChI=1S/C31H28N2O3/c34-21-22-36-30(35)31(27-19-11-4-12-20-27)28(25-15-7-2-8-16-25)33(23-24-13-5-1-6-14-24)29(32-31)26-17-9-3-10-18-26/h1-20,28,34H,21-23H2/t28-,31-/m1/s1. The second-order valence-electron chi connectivity index (χ2n) is 8.72. The lowest BCUT2D eigenvalue weighted by atomic mass is 9.79. The van der Waals surface area contributed by atoms with E-state index < -0.39 is 17.6 Å². The van der Waals surface area contributed by atoms with Gasteiger partial charge in [-0.25, -0.2) is 9.79 Å². The molecule has 0 radical (unpaired) electrons. The van der Waals surface area contributed by atoms with Crippen LogP contribution in [0.3, 0.4) is 0 Å². The Kier molecular flexibility index (Phi) is 6.92. The molecule has 1 heterocycles. The molecule has 0 spiro atoms. The highest BCUT2D eigenvalue weighted by Gasteiger charge is 2.57. The molecule has 1 aliphatic heterocycles. The Balaban J connectivity index is 1.77. The van der Waals surface area contributed by atoms with Gasteiger partial charge in [0, 0.05) is 12.1 Å². The van der Waals surface area contributed by atoms with E-state index in [1.165, 1.54) is 0 Å². The number of nitrogens with zero attached hydrogens (tertiary/aromatic N) is 2. The monoisotopic (exact) mass is 476 g/mol. The molecule has 0 aliphatic carbocycles. The topological polar surface area (TPSA) is 62.1 Å². The van der Waals surface area contributed by atoms with Crippen LogP contribution in [0.15, 0.2) is 126 Å². The van der Waals surface area contributed by atoms with Crippen molar-refractivity contribution >= 4 is 11.8 Å². The third-order valence-electron chi connectivity index (χ3n) is 6.45. The summed E-state index contributed by atoms with van der Waals surface area (Å²) in [6, 6.07) is 39.2. The zero-order valence-electron chi connectivity index (χ0n) is 19.9. The van der Waals surface area contributed by atoms with Gasteiger partial charge in [-0.05, 0) is 16.7 Å². The number of benzene rings is 4. The number of hydrogen-bond donors (Lipinski definition) is 1. The molecule has 0 fully saturated rings. The van der Waals surface area contributed by atoms with E-state index >= 15 is 0 Å². The van der Waals surface area contributed by atoms with Crippen molar-refractivity contribution in [3.05, 3.63) is 144 Å². The molecule has 0 unspecified atom stereocenters. The van der Waals surface area contributed by atoms with Crippen LogP contribution in [-0.4, -0.2) is 35.0 Å². The predicted molar refractivity (Wildman–Crippen MR) is 140 cm³/mol. The lowest BCUT2D eigenvalue weighted by Crippen LogP contribution is -2.44. The molecule has 0 saturated carbocycles. The number of amidine groups is 1. The average molecular weight is 477 g/mol. The van der Waals surface area contributed by atoms with E-state index in [-0.39, 0.29) is 13.2 Å². The summed E-state index contributed by atoms with van der Waals surface area (Å²) < 4.78 is 5.64. The summed E-state index contributed by atoms with van der Waals surface area (Å²) in [4.78, 5) is 21.5. The fourth-order valence-electron chi connectivity index (χ4n) is 4.90. The fraction of sp³-hybridized carbons (Fsp3) is 0.161. The Hall–Kier alpha value is -4.22. The van der Waals surface area contributed by atoms with E-state index in [2.05, 4.69) is 17.0 Å². The first-order valence-electron chi connectivity index (χ1n) is 12.1. The SMILES string of the molecule is O=C(OCCO)[C@]1(c2ccccc2)N=C(c2ccccc2)N(Cc2ccccc2)[C@@H]1c1ccccc1. The largest absolute Gasteiger partial charge is 0.461 e. The van der Waals surface area contributed by atoms with Crippen LogP contribution in [0.25, 0.3) is 0 Å². The van der Waals surface area contributed by atoms with E-state index in [1.54, 1.807) is 0 Å². The Morgan fingerprint density at radius 3 is 1.97 bits per heavy atom. The minimum Gasteiger partial charge on any atom is -0.461 e. The lowest BCUT2D eigenvalue weighted by molar-refractivity contribution is -0.153. The molecule has 1 aliphatic rings. The van der Waals surface area contributed by atoms with Gasteiger partial charge in [0.1, 0.15) is 12.4 Å². The Morgan fingerprint density at radius 1 is 0.806 bits per heavy atom. The van der Waals surface area contributed by atoms with Crippen LogP contribution in [0.2, 0.25) is 0 Å². The molecule has 5 rings (SSSR count). The van der Waals surface area contributed by atoms with Gasteiger partial charge in [-0.15, -0.1) is 0 Å². The molecule has 0 saturated heterocycles. The van der Waals surface area contributed by atoms with Crippen molar-refractivity contribution in [1.82, 2.24) is 4.90 Å². The summed E-state index contributed by atoms with van der Waals surface area (Å²) in [6.07, 6.45) is 0. The Bertz CT molecular complexity index is 1310. The third-order valence-corrected chi connectivity index (χ3v) is 6.45. The number of carbonyl (C=O) groups is 1. The Labute approximate surface area is 211 Å². The van der Waals surface area contributed by atoms with Gasteiger partial charge in [0.2, 0.25) is 5.54 Å². The Morgan fingerprint density at radius 2 is 1.36 bits per heavy atom. The molecule has 0 bridgehead atoms. The molecular weight excluding hydrogens is 448 g/mol. The summed E-state index contributed by atoms with van der Waals surface area (Å²) in [5.74, 6) is 0.235. The normalized spacial score (nSPS) is 19.1. The number of esters is 1. The third kappa shape index (κ3) is 4.41. The van der Waals surface area contributed by atoms with Gasteiger partial charge in [-0.3, -0.25) is 0 Å². The summed E-state index contributed by atoms with van der Waals surface area (Å²) in [7, 11) is 0. The van der Waals surface area contributed by atoms with Gasteiger partial charge in [0.05, 0.1) is 12.6 Å². The highest BCUT2D eigenvalue weighted by atomic mass is 16.5. The van der Waals surface area contributed by atoms with Crippen LogP contribution in [0.5, 0.6) is 0 Å². The quantitative estimate of drug-likeness (QED) is 0.359. The highest BCUT2D eigenvalue weighted by molar-refractivity contribution is 6.04. The van der Waals surface area contributed by atoms with E-state index in [0.29, 0.717) is 6.54 Å². The zero-order valence-corrected chi connectivity index (χ0v) is 19.9. The van der Waals surface area contributed by atoms with E-state index in [4.69, 9.17) is 9.73 Å². The molecule has 2 atom stereocenters. The van der Waals surface area contributed by atoms with Crippen molar-refractivity contribution in [2.45, 2.75) is 18.1 Å². The lowest BCUT2D eigenvalue weighted by Gasteiger charge is -2.37. The number of aliphatic hydroxyl groups excluding tert-OH is 1. The van der Waals surface area contributed by atoms with Crippen LogP contribution < -0.4 is 0 Å². The van der Waals surface area contributed by atoms with Crippen molar-refractivity contribution in [3.8, 4) is 0 Å². The summed E-state index contributed by atoms with van der Waals surface area (Å²) in [6.45, 7) is 0.204. The minimum absolute atomic E-state index is 0.0935. The van der Waals surface area contributed by atoms with Crippen LogP contribution in [0, 0.1) is 0 Å². The number of hydrogen-bond acceptors (Lipinski definition) is 5. The molecule has 4 aromatic carbocycles. The maximum atomic E-state index is 14.0. The average Bonchev–Trinajstić information content (AvgIpc) is 3.29. The molecular formula is C31H28N2O3. The molecule has 180 valence electrons. The maximum absolute atomic E-state index is 14.0. The summed E-state index contributed by atoms with van der Waals surface area (Å²) in [5, 5.41) is 9.45. The highest BCUT2D eigenvalue weighted by Crippen LogP contribution is 2.49. The minimum atomic E-state index is -1.36.